The second-order valence-corrected chi connectivity index (χ2v) is 8.16. The smallest absolute Gasteiger partial charge is 0.226 e. The molecule has 0 aliphatic carbocycles. The number of para-hydroxylation sites is 2. The molecule has 0 aromatic heterocycles. The van der Waals surface area contributed by atoms with Crippen molar-refractivity contribution in [3.05, 3.63) is 59.7 Å². The molecule has 0 saturated heterocycles. The van der Waals surface area contributed by atoms with E-state index in [0.29, 0.717) is 19.5 Å². The van der Waals surface area contributed by atoms with Gasteiger partial charge >= 0.3 is 0 Å². The fourth-order valence-electron chi connectivity index (χ4n) is 3.29. The van der Waals surface area contributed by atoms with Gasteiger partial charge in [0.1, 0.15) is 5.75 Å². The maximum atomic E-state index is 12.5. The molecule has 0 fully saturated rings. The Morgan fingerprint density at radius 3 is 2.31 bits per heavy atom. The number of amides is 2. The third-order valence-corrected chi connectivity index (χ3v) is 4.91. The molecule has 2 aromatic rings. The fraction of sp³-hybridized carbons (Fsp3) is 0.417. The van der Waals surface area contributed by atoms with E-state index >= 15 is 0 Å². The molecule has 2 amide bonds. The van der Waals surface area contributed by atoms with Crippen molar-refractivity contribution in [2.24, 2.45) is 0 Å². The van der Waals surface area contributed by atoms with Gasteiger partial charge in [0.2, 0.25) is 11.8 Å². The van der Waals surface area contributed by atoms with Gasteiger partial charge in [0.15, 0.2) is 0 Å². The third kappa shape index (κ3) is 6.63. The molecule has 156 valence electrons. The number of hydrogen-bond donors (Lipinski definition) is 1. The molecule has 5 nitrogen and oxygen atoms in total. The number of hydrogen-bond acceptors (Lipinski definition) is 3. The first-order valence-corrected chi connectivity index (χ1v) is 9.99. The van der Waals surface area contributed by atoms with Gasteiger partial charge < -0.3 is 15.0 Å². The van der Waals surface area contributed by atoms with Crippen molar-refractivity contribution in [1.82, 2.24) is 4.90 Å². The van der Waals surface area contributed by atoms with Gasteiger partial charge in [0.25, 0.3) is 0 Å². The van der Waals surface area contributed by atoms with Gasteiger partial charge in [-0.1, -0.05) is 57.2 Å². The van der Waals surface area contributed by atoms with Crippen LogP contribution in [-0.2, 0) is 21.4 Å². The Morgan fingerprint density at radius 1 is 1.00 bits per heavy atom. The van der Waals surface area contributed by atoms with E-state index in [4.69, 9.17) is 4.74 Å². The minimum absolute atomic E-state index is 0.0391. The van der Waals surface area contributed by atoms with Crippen LogP contribution >= 0.6 is 0 Å². The van der Waals surface area contributed by atoms with E-state index in [2.05, 4.69) is 26.1 Å². The number of methoxy groups -OCH3 is 1. The number of carbonyl (C=O) groups excluding carboxylic acids is 2. The van der Waals surface area contributed by atoms with Crippen LogP contribution in [0.15, 0.2) is 48.5 Å². The van der Waals surface area contributed by atoms with Crippen molar-refractivity contribution >= 4 is 17.5 Å². The van der Waals surface area contributed by atoms with Crippen molar-refractivity contribution in [3.8, 4) is 5.75 Å². The predicted octanol–water partition coefficient (Wildman–Crippen LogP) is 4.41. The van der Waals surface area contributed by atoms with E-state index in [-0.39, 0.29) is 23.7 Å². The summed E-state index contributed by atoms with van der Waals surface area (Å²) in [7, 11) is 1.64. The largest absolute Gasteiger partial charge is 0.496 e. The number of rotatable bonds is 8. The van der Waals surface area contributed by atoms with Crippen LogP contribution in [0, 0.1) is 0 Å². The molecule has 0 atom stereocenters. The van der Waals surface area contributed by atoms with Crippen LogP contribution in [0.2, 0.25) is 0 Å². The lowest BCUT2D eigenvalue weighted by Gasteiger charge is -2.24. The molecule has 2 rings (SSSR count). The molecule has 29 heavy (non-hydrogen) atoms. The summed E-state index contributed by atoms with van der Waals surface area (Å²) in [6, 6.07) is 15.6. The lowest BCUT2D eigenvalue weighted by atomic mass is 9.86. The molecule has 0 aliphatic rings. The number of nitrogens with zero attached hydrogens (tertiary/aromatic N) is 1. The van der Waals surface area contributed by atoms with E-state index in [1.54, 1.807) is 12.0 Å². The van der Waals surface area contributed by atoms with Crippen molar-refractivity contribution in [3.63, 3.8) is 0 Å². The molecule has 0 aliphatic heterocycles. The van der Waals surface area contributed by atoms with Gasteiger partial charge in [-0.05, 0) is 35.1 Å². The molecule has 0 bridgehead atoms. The Balaban J connectivity index is 1.95. The monoisotopic (exact) mass is 396 g/mol. The molecule has 0 heterocycles. The number of nitrogens with one attached hydrogen (secondary N) is 1. The van der Waals surface area contributed by atoms with E-state index < -0.39 is 0 Å². The van der Waals surface area contributed by atoms with Crippen LogP contribution in [0.5, 0.6) is 5.75 Å². The van der Waals surface area contributed by atoms with Crippen LogP contribution in [-0.4, -0.2) is 36.9 Å². The topological polar surface area (TPSA) is 58.6 Å². The first kappa shape index (κ1) is 22.5. The maximum Gasteiger partial charge on any atom is 0.226 e. The maximum absolute atomic E-state index is 12.5. The summed E-state index contributed by atoms with van der Waals surface area (Å²) >= 11 is 0. The van der Waals surface area contributed by atoms with E-state index in [1.165, 1.54) is 6.92 Å². The zero-order chi connectivity index (χ0) is 21.4. The Hall–Kier alpha value is -2.82. The number of ether oxygens (including phenoxy) is 1. The van der Waals surface area contributed by atoms with Crippen LogP contribution in [0.25, 0.3) is 0 Å². The predicted molar refractivity (Wildman–Crippen MR) is 117 cm³/mol. The standard InChI is InChI=1S/C24H32N2O3/c1-18(27)26(16-14-19-10-6-9-13-22(19)29-5)17-15-23(28)25-21-12-8-7-11-20(21)24(2,3)4/h6-13H,14-17H2,1-5H3,(H,25,28). The summed E-state index contributed by atoms with van der Waals surface area (Å²) in [4.78, 5) is 26.3. The lowest BCUT2D eigenvalue weighted by molar-refractivity contribution is -0.129. The molecule has 2 aromatic carbocycles. The molecular formula is C24H32N2O3. The number of benzene rings is 2. The third-order valence-electron chi connectivity index (χ3n) is 4.91. The minimum Gasteiger partial charge on any atom is -0.496 e. The van der Waals surface area contributed by atoms with E-state index in [9.17, 15) is 9.59 Å². The Kier molecular flexibility index (Phi) is 7.82. The molecule has 0 unspecified atom stereocenters. The van der Waals surface area contributed by atoms with Gasteiger partial charge in [0.05, 0.1) is 7.11 Å². The quantitative estimate of drug-likeness (QED) is 0.719. The molecule has 5 heteroatoms. The summed E-state index contributed by atoms with van der Waals surface area (Å²) in [5.41, 5.74) is 2.90. The molecular weight excluding hydrogens is 364 g/mol. The molecule has 1 N–H and O–H groups in total. The average Bonchev–Trinajstić information content (AvgIpc) is 2.67. The molecule has 0 spiro atoms. The first-order valence-electron chi connectivity index (χ1n) is 9.99. The Labute approximate surface area is 174 Å². The van der Waals surface area contributed by atoms with Gasteiger partial charge in [0, 0.05) is 32.1 Å². The summed E-state index contributed by atoms with van der Waals surface area (Å²) in [5, 5.41) is 3.01. The highest BCUT2D eigenvalue weighted by atomic mass is 16.5. The highest BCUT2D eigenvalue weighted by Crippen LogP contribution is 2.29. The van der Waals surface area contributed by atoms with Gasteiger partial charge in [-0.15, -0.1) is 0 Å². The molecule has 0 saturated carbocycles. The summed E-state index contributed by atoms with van der Waals surface area (Å²) in [6.45, 7) is 8.82. The number of anilines is 1. The van der Waals surface area contributed by atoms with Crippen molar-refractivity contribution in [2.45, 2.75) is 46.0 Å². The highest BCUT2D eigenvalue weighted by Gasteiger charge is 2.19. The fourth-order valence-corrected chi connectivity index (χ4v) is 3.29. The Bertz CT molecular complexity index is 840. The number of carbonyl (C=O) groups is 2. The SMILES string of the molecule is COc1ccccc1CCN(CCC(=O)Nc1ccccc1C(C)(C)C)C(C)=O. The highest BCUT2D eigenvalue weighted by molar-refractivity contribution is 5.92. The first-order chi connectivity index (χ1) is 13.7. The normalized spacial score (nSPS) is 11.1. The lowest BCUT2D eigenvalue weighted by Crippen LogP contribution is -2.34. The van der Waals surface area contributed by atoms with Crippen LogP contribution in [0.3, 0.4) is 0 Å². The zero-order valence-electron chi connectivity index (χ0n) is 18.1. The van der Waals surface area contributed by atoms with Crippen molar-refractivity contribution in [1.29, 1.82) is 0 Å². The average molecular weight is 397 g/mol. The van der Waals surface area contributed by atoms with Crippen LogP contribution in [0.1, 0.15) is 45.2 Å². The summed E-state index contributed by atoms with van der Waals surface area (Å²) < 4.78 is 5.37. The van der Waals surface area contributed by atoms with Gasteiger partial charge in [-0.3, -0.25) is 9.59 Å². The van der Waals surface area contributed by atoms with Gasteiger partial charge in [-0.2, -0.15) is 0 Å². The summed E-state index contributed by atoms with van der Waals surface area (Å²) in [6.07, 6.45) is 0.933. The van der Waals surface area contributed by atoms with Crippen LogP contribution in [0.4, 0.5) is 5.69 Å². The van der Waals surface area contributed by atoms with Crippen molar-refractivity contribution in [2.75, 3.05) is 25.5 Å². The minimum atomic E-state index is -0.0924. The second-order valence-electron chi connectivity index (χ2n) is 8.16. The second kappa shape index (κ2) is 10.1. The van der Waals surface area contributed by atoms with E-state index in [1.807, 2.05) is 48.5 Å². The summed E-state index contributed by atoms with van der Waals surface area (Å²) in [5.74, 6) is 0.681. The van der Waals surface area contributed by atoms with Crippen LogP contribution < -0.4 is 10.1 Å². The zero-order valence-corrected chi connectivity index (χ0v) is 18.1. The molecule has 0 radical (unpaired) electrons. The van der Waals surface area contributed by atoms with Crippen molar-refractivity contribution < 1.29 is 14.3 Å². The van der Waals surface area contributed by atoms with E-state index in [0.717, 1.165) is 22.6 Å². The van der Waals surface area contributed by atoms with Gasteiger partial charge in [-0.25, -0.2) is 0 Å². The Morgan fingerprint density at radius 2 is 1.66 bits per heavy atom.